The molecule has 0 aliphatic heterocycles. The van der Waals surface area contributed by atoms with Crippen LogP contribution in [0.15, 0.2) is 24.3 Å². The number of nitrogens with two attached hydrogens (primary N) is 1. The molecule has 5 N–H and O–H groups in total. The predicted octanol–water partition coefficient (Wildman–Crippen LogP) is -0.113. The molecule has 0 saturated carbocycles. The number of hydrogen-bond donors (Lipinski definition) is 4. The molecule has 0 spiro atoms. The summed E-state index contributed by atoms with van der Waals surface area (Å²) in [5.41, 5.74) is 5.53. The van der Waals surface area contributed by atoms with Gasteiger partial charge in [-0.1, -0.05) is 26.0 Å². The number of carbonyl (C=O) groups is 2. The van der Waals surface area contributed by atoms with E-state index in [4.69, 9.17) is 10.5 Å². The van der Waals surface area contributed by atoms with E-state index in [9.17, 15) is 14.7 Å². The molecule has 0 aliphatic rings. The minimum atomic E-state index is -0.739. The molecular weight excluding hydrogens is 298 g/mol. The molecule has 0 radical (unpaired) electrons. The Kier molecular flexibility index (Phi) is 8.07. The molecule has 1 aromatic rings. The number of aliphatic hydroxyl groups excluding tert-OH is 1. The minimum Gasteiger partial charge on any atom is -0.490 e. The average molecular weight is 323 g/mol. The Morgan fingerprint density at radius 2 is 1.96 bits per heavy atom. The summed E-state index contributed by atoms with van der Waals surface area (Å²) in [6.07, 6.45) is -0.739. The number of rotatable bonds is 10. The van der Waals surface area contributed by atoms with Gasteiger partial charge in [0.15, 0.2) is 0 Å². The first-order valence-corrected chi connectivity index (χ1v) is 7.60. The number of hydrogen-bond acceptors (Lipinski definition) is 5. The maximum absolute atomic E-state index is 11.3. The minimum absolute atomic E-state index is 0.00117. The second kappa shape index (κ2) is 9.81. The van der Waals surface area contributed by atoms with Crippen molar-refractivity contribution < 1.29 is 19.4 Å². The molecule has 128 valence electrons. The summed E-state index contributed by atoms with van der Waals surface area (Å²) in [5.74, 6) is -0.268. The predicted molar refractivity (Wildman–Crippen MR) is 87.2 cm³/mol. The molecule has 0 saturated heterocycles. The van der Waals surface area contributed by atoms with Crippen LogP contribution in [0.25, 0.3) is 0 Å². The maximum atomic E-state index is 11.3. The molecule has 0 heterocycles. The van der Waals surface area contributed by atoms with Gasteiger partial charge in [-0.2, -0.15) is 0 Å². The molecule has 0 aromatic heterocycles. The van der Waals surface area contributed by atoms with Crippen LogP contribution in [-0.4, -0.2) is 49.3 Å². The first kappa shape index (κ1) is 18.9. The van der Waals surface area contributed by atoms with Gasteiger partial charge >= 0.3 is 0 Å². The Labute approximate surface area is 136 Å². The fraction of sp³-hybridized carbons (Fsp3) is 0.500. The van der Waals surface area contributed by atoms with Gasteiger partial charge in [0.05, 0.1) is 5.56 Å². The Bertz CT molecular complexity index is 520. The lowest BCUT2D eigenvalue weighted by molar-refractivity contribution is -0.123. The molecule has 1 atom stereocenters. The summed E-state index contributed by atoms with van der Waals surface area (Å²) in [7, 11) is 0. The van der Waals surface area contributed by atoms with Gasteiger partial charge in [-0.3, -0.25) is 9.59 Å². The third-order valence-electron chi connectivity index (χ3n) is 3.09. The van der Waals surface area contributed by atoms with Crippen LogP contribution < -0.4 is 21.1 Å². The van der Waals surface area contributed by atoms with Gasteiger partial charge < -0.3 is 26.2 Å². The zero-order valence-corrected chi connectivity index (χ0v) is 13.5. The fourth-order valence-electron chi connectivity index (χ4n) is 1.79. The van der Waals surface area contributed by atoms with Gasteiger partial charge in [0.2, 0.25) is 5.91 Å². The average Bonchev–Trinajstić information content (AvgIpc) is 2.52. The van der Waals surface area contributed by atoms with E-state index in [0.29, 0.717) is 25.4 Å². The Balaban J connectivity index is 2.24. The van der Waals surface area contributed by atoms with E-state index in [1.165, 1.54) is 0 Å². The topological polar surface area (TPSA) is 114 Å². The van der Waals surface area contributed by atoms with Crippen molar-refractivity contribution in [3.63, 3.8) is 0 Å². The normalized spacial score (nSPS) is 12.0. The number of benzene rings is 1. The van der Waals surface area contributed by atoms with Crippen LogP contribution in [0.5, 0.6) is 5.75 Å². The first-order valence-electron chi connectivity index (χ1n) is 7.60. The van der Waals surface area contributed by atoms with Crippen LogP contribution in [0.2, 0.25) is 0 Å². The number of nitrogens with one attached hydrogen (secondary N) is 2. The van der Waals surface area contributed by atoms with Crippen LogP contribution >= 0.6 is 0 Å². The van der Waals surface area contributed by atoms with Crippen molar-refractivity contribution in [1.29, 1.82) is 0 Å². The zero-order valence-electron chi connectivity index (χ0n) is 13.5. The fourth-order valence-corrected chi connectivity index (χ4v) is 1.79. The standard InChI is InChI=1S/C16H25N3O4/c1-11(2)16(22)19-8-7-18-9-12(20)10-23-14-6-4-3-5-13(14)15(17)21/h3-6,11-12,18,20H,7-10H2,1-2H3,(H2,17,21)(H,19,22)/t12-/m0/s1. The van der Waals surface area contributed by atoms with Gasteiger partial charge in [0.25, 0.3) is 5.91 Å². The third-order valence-corrected chi connectivity index (χ3v) is 3.09. The monoisotopic (exact) mass is 323 g/mol. The highest BCUT2D eigenvalue weighted by atomic mass is 16.5. The largest absolute Gasteiger partial charge is 0.490 e. The number of primary amides is 1. The highest BCUT2D eigenvalue weighted by Crippen LogP contribution is 2.17. The van der Waals surface area contributed by atoms with Crippen molar-refractivity contribution in [2.45, 2.75) is 20.0 Å². The van der Waals surface area contributed by atoms with Gasteiger partial charge in [-0.25, -0.2) is 0 Å². The summed E-state index contributed by atoms with van der Waals surface area (Å²) in [6, 6.07) is 6.61. The van der Waals surface area contributed by atoms with Crippen molar-refractivity contribution in [3.05, 3.63) is 29.8 Å². The smallest absolute Gasteiger partial charge is 0.252 e. The van der Waals surface area contributed by atoms with E-state index in [-0.39, 0.29) is 24.0 Å². The lowest BCUT2D eigenvalue weighted by atomic mass is 10.2. The SMILES string of the molecule is CC(C)C(=O)NCCNC[C@H](O)COc1ccccc1C(N)=O. The molecule has 2 amide bonds. The third kappa shape index (κ3) is 7.12. The van der Waals surface area contributed by atoms with Crippen molar-refractivity contribution in [2.75, 3.05) is 26.2 Å². The van der Waals surface area contributed by atoms with Gasteiger partial charge in [0.1, 0.15) is 18.5 Å². The number of amides is 2. The quantitative estimate of drug-likeness (QED) is 0.449. The van der Waals surface area contributed by atoms with Gasteiger partial charge in [0, 0.05) is 25.6 Å². The van der Waals surface area contributed by atoms with Crippen molar-refractivity contribution >= 4 is 11.8 Å². The van der Waals surface area contributed by atoms with E-state index in [1.54, 1.807) is 24.3 Å². The van der Waals surface area contributed by atoms with E-state index in [0.717, 1.165) is 0 Å². The number of aliphatic hydroxyl groups is 1. The highest BCUT2D eigenvalue weighted by molar-refractivity contribution is 5.95. The molecule has 23 heavy (non-hydrogen) atoms. The summed E-state index contributed by atoms with van der Waals surface area (Å²) in [4.78, 5) is 22.6. The lowest BCUT2D eigenvalue weighted by Gasteiger charge is -2.15. The Hall–Kier alpha value is -2.12. The van der Waals surface area contributed by atoms with Gasteiger partial charge in [-0.15, -0.1) is 0 Å². The summed E-state index contributed by atoms with van der Waals surface area (Å²) in [5, 5.41) is 15.6. The van der Waals surface area contributed by atoms with Crippen LogP contribution in [0, 0.1) is 5.92 Å². The Morgan fingerprint density at radius 3 is 2.61 bits per heavy atom. The Morgan fingerprint density at radius 1 is 1.26 bits per heavy atom. The second-order valence-electron chi connectivity index (χ2n) is 5.48. The molecule has 0 bridgehead atoms. The summed E-state index contributed by atoms with van der Waals surface area (Å²) < 4.78 is 5.43. The van der Waals surface area contributed by atoms with Crippen LogP contribution in [-0.2, 0) is 4.79 Å². The van der Waals surface area contributed by atoms with E-state index >= 15 is 0 Å². The molecular formula is C16H25N3O4. The zero-order chi connectivity index (χ0) is 17.2. The molecule has 0 aliphatic carbocycles. The lowest BCUT2D eigenvalue weighted by Crippen LogP contribution is -2.38. The maximum Gasteiger partial charge on any atom is 0.252 e. The van der Waals surface area contributed by atoms with Gasteiger partial charge in [-0.05, 0) is 12.1 Å². The first-order chi connectivity index (χ1) is 10.9. The van der Waals surface area contributed by atoms with Crippen molar-refractivity contribution in [3.8, 4) is 5.75 Å². The molecule has 7 heteroatoms. The van der Waals surface area contributed by atoms with Crippen molar-refractivity contribution in [1.82, 2.24) is 10.6 Å². The van der Waals surface area contributed by atoms with E-state index < -0.39 is 12.0 Å². The highest BCUT2D eigenvalue weighted by Gasteiger charge is 2.11. The number of carbonyl (C=O) groups excluding carboxylic acids is 2. The molecule has 0 unspecified atom stereocenters. The van der Waals surface area contributed by atoms with Crippen LogP contribution in [0.1, 0.15) is 24.2 Å². The second-order valence-corrected chi connectivity index (χ2v) is 5.48. The van der Waals surface area contributed by atoms with E-state index in [2.05, 4.69) is 10.6 Å². The van der Waals surface area contributed by atoms with Crippen molar-refractivity contribution in [2.24, 2.45) is 11.7 Å². The number of para-hydroxylation sites is 1. The number of ether oxygens (including phenoxy) is 1. The molecule has 7 nitrogen and oxygen atoms in total. The summed E-state index contributed by atoms with van der Waals surface area (Å²) >= 11 is 0. The molecule has 0 fully saturated rings. The molecule has 1 aromatic carbocycles. The summed E-state index contributed by atoms with van der Waals surface area (Å²) in [6.45, 7) is 5.05. The van der Waals surface area contributed by atoms with E-state index in [1.807, 2.05) is 13.8 Å². The van der Waals surface area contributed by atoms with Crippen LogP contribution in [0.4, 0.5) is 0 Å². The van der Waals surface area contributed by atoms with Crippen LogP contribution in [0.3, 0.4) is 0 Å². The molecule has 1 rings (SSSR count).